The summed E-state index contributed by atoms with van der Waals surface area (Å²) in [6, 6.07) is 7.94. The van der Waals surface area contributed by atoms with Crippen molar-refractivity contribution in [1.82, 2.24) is 0 Å². The van der Waals surface area contributed by atoms with Gasteiger partial charge in [-0.05, 0) is 23.8 Å². The Hall–Kier alpha value is -2.35. The van der Waals surface area contributed by atoms with E-state index in [1.807, 2.05) is 0 Å². The zero-order valence-electron chi connectivity index (χ0n) is 12.4. The van der Waals surface area contributed by atoms with Crippen molar-refractivity contribution in [3.63, 3.8) is 0 Å². The van der Waals surface area contributed by atoms with Crippen LogP contribution in [-0.4, -0.2) is 16.8 Å². The number of hydrogen-bond acceptors (Lipinski definition) is 3. The smallest absolute Gasteiger partial charge is 0.165 e. The van der Waals surface area contributed by atoms with E-state index >= 15 is 0 Å². The van der Waals surface area contributed by atoms with Crippen molar-refractivity contribution in [3.8, 4) is 11.5 Å². The minimum Gasteiger partial charge on any atom is -0.698 e. The second-order valence-electron chi connectivity index (χ2n) is 4.79. The number of benzene rings is 2. The normalized spacial score (nSPS) is 12.0. The summed E-state index contributed by atoms with van der Waals surface area (Å²) in [4.78, 5) is 0. The standard InChI is InChI=1S/C17H15F2N2O2.Co/c18-13-5-1-3-10(16(13)22)7-12(9-20)15(21)8-11-4-2-6-14(19)17(11)23;/h1-8,21-23H,9,20H2;/q-1;. The fraction of sp³-hybridized carbons (Fsp3) is 0.0588. The van der Waals surface area contributed by atoms with E-state index in [-0.39, 0.29) is 45.7 Å². The number of halogens is 2. The van der Waals surface area contributed by atoms with Crippen molar-refractivity contribution in [2.24, 2.45) is 5.73 Å². The third kappa shape index (κ3) is 4.35. The van der Waals surface area contributed by atoms with Crippen molar-refractivity contribution in [2.45, 2.75) is 0 Å². The largest absolute Gasteiger partial charge is 0.698 e. The number of aromatic hydroxyl groups is 2. The SMILES string of the molecule is [Co].[NH-]C(=Cc1cccc(F)c1O)C(=Cc1cccc(F)c1O)CN. The van der Waals surface area contributed by atoms with E-state index in [4.69, 9.17) is 11.5 Å². The molecule has 0 atom stereocenters. The Morgan fingerprint density at radius 1 is 0.958 bits per heavy atom. The molecule has 7 heteroatoms. The summed E-state index contributed by atoms with van der Waals surface area (Å²) in [5.74, 6) is -2.69. The molecule has 0 amide bonds. The maximum atomic E-state index is 13.3. The number of nitrogens with one attached hydrogen (secondary N) is 1. The average molecular weight is 376 g/mol. The van der Waals surface area contributed by atoms with E-state index in [1.54, 1.807) is 0 Å². The van der Waals surface area contributed by atoms with Gasteiger partial charge in [0.25, 0.3) is 0 Å². The van der Waals surface area contributed by atoms with E-state index in [9.17, 15) is 19.0 Å². The number of para-hydroxylation sites is 2. The molecule has 2 aromatic carbocycles. The molecule has 0 saturated carbocycles. The first kappa shape index (κ1) is 19.7. The summed E-state index contributed by atoms with van der Waals surface area (Å²) >= 11 is 0. The maximum absolute atomic E-state index is 13.3. The molecule has 129 valence electrons. The monoisotopic (exact) mass is 376 g/mol. The van der Waals surface area contributed by atoms with Gasteiger partial charge in [-0.25, -0.2) is 8.78 Å². The summed E-state index contributed by atoms with van der Waals surface area (Å²) in [7, 11) is 0. The van der Waals surface area contributed by atoms with Crippen molar-refractivity contribution >= 4 is 12.2 Å². The zero-order chi connectivity index (χ0) is 17.0. The van der Waals surface area contributed by atoms with Crippen molar-refractivity contribution < 1.29 is 35.8 Å². The van der Waals surface area contributed by atoms with Gasteiger partial charge in [0.05, 0.1) is 0 Å². The van der Waals surface area contributed by atoms with Crippen LogP contribution in [0.3, 0.4) is 0 Å². The van der Waals surface area contributed by atoms with Gasteiger partial charge in [0.2, 0.25) is 0 Å². The summed E-state index contributed by atoms with van der Waals surface area (Å²) in [5, 5.41) is 19.3. The Bertz CT molecular complexity index is 792. The molecule has 2 rings (SSSR count). The first-order valence-electron chi connectivity index (χ1n) is 6.73. The van der Waals surface area contributed by atoms with Gasteiger partial charge in [-0.1, -0.05) is 30.3 Å². The second kappa shape index (κ2) is 8.49. The van der Waals surface area contributed by atoms with Crippen LogP contribution >= 0.6 is 0 Å². The Labute approximate surface area is 148 Å². The molecular formula is C17H15CoF2N2O2-. The summed E-state index contributed by atoms with van der Waals surface area (Å²) in [6.07, 6.45) is 2.61. The van der Waals surface area contributed by atoms with E-state index in [0.29, 0.717) is 0 Å². The van der Waals surface area contributed by atoms with E-state index in [0.717, 1.165) is 12.1 Å². The minimum absolute atomic E-state index is 0. The number of phenolic OH excluding ortho intramolecular Hbond substituents is 2. The fourth-order valence-corrected chi connectivity index (χ4v) is 1.98. The molecule has 4 nitrogen and oxygen atoms in total. The Kier molecular flexibility index (Phi) is 6.96. The van der Waals surface area contributed by atoms with Gasteiger partial charge in [0, 0.05) is 34.5 Å². The molecule has 0 aliphatic heterocycles. The molecule has 2 aromatic rings. The number of rotatable bonds is 4. The third-order valence-corrected chi connectivity index (χ3v) is 3.23. The first-order chi connectivity index (χ1) is 10.9. The van der Waals surface area contributed by atoms with E-state index in [1.165, 1.54) is 36.4 Å². The summed E-state index contributed by atoms with van der Waals surface area (Å²) in [6.45, 7) is -0.0542. The molecule has 0 saturated heterocycles. The first-order valence-corrected chi connectivity index (χ1v) is 6.73. The molecule has 0 unspecified atom stereocenters. The van der Waals surface area contributed by atoms with Crippen molar-refractivity contribution in [3.05, 3.63) is 76.2 Å². The summed E-state index contributed by atoms with van der Waals surface area (Å²) in [5.41, 5.74) is 14.1. The molecule has 5 N–H and O–H groups in total. The van der Waals surface area contributed by atoms with Gasteiger partial charge >= 0.3 is 0 Å². The molecule has 0 aliphatic rings. The van der Waals surface area contributed by atoms with Crippen LogP contribution in [0.4, 0.5) is 8.78 Å². The van der Waals surface area contributed by atoms with Crippen LogP contribution in [-0.2, 0) is 16.8 Å². The van der Waals surface area contributed by atoms with Gasteiger partial charge in [-0.15, -0.1) is 5.70 Å². The Balaban J connectivity index is 0.00000288. The Morgan fingerprint density at radius 2 is 1.42 bits per heavy atom. The number of hydrogen-bond donors (Lipinski definition) is 3. The Morgan fingerprint density at radius 3 is 1.88 bits per heavy atom. The van der Waals surface area contributed by atoms with Crippen LogP contribution in [0.1, 0.15) is 11.1 Å². The van der Waals surface area contributed by atoms with E-state index < -0.39 is 23.1 Å². The van der Waals surface area contributed by atoms with Gasteiger partial charge in [-0.3, -0.25) is 0 Å². The van der Waals surface area contributed by atoms with Crippen molar-refractivity contribution in [2.75, 3.05) is 6.54 Å². The van der Waals surface area contributed by atoms with Crippen LogP contribution in [0.5, 0.6) is 11.5 Å². The average Bonchev–Trinajstić information content (AvgIpc) is 2.53. The van der Waals surface area contributed by atoms with Gasteiger partial charge in [0.1, 0.15) is 0 Å². The zero-order valence-corrected chi connectivity index (χ0v) is 13.4. The van der Waals surface area contributed by atoms with E-state index in [2.05, 4.69) is 0 Å². The molecule has 0 fully saturated rings. The molecule has 0 spiro atoms. The number of phenols is 2. The quantitative estimate of drug-likeness (QED) is 0.709. The van der Waals surface area contributed by atoms with Crippen LogP contribution in [0, 0.1) is 11.6 Å². The molecule has 0 bridgehead atoms. The van der Waals surface area contributed by atoms with Gasteiger partial charge in [0.15, 0.2) is 23.1 Å². The predicted octanol–water partition coefficient (Wildman–Crippen LogP) is 3.81. The minimum atomic E-state index is -0.799. The van der Waals surface area contributed by atoms with Gasteiger partial charge < -0.3 is 21.7 Å². The van der Waals surface area contributed by atoms with Gasteiger partial charge in [-0.2, -0.15) is 0 Å². The van der Waals surface area contributed by atoms with Crippen molar-refractivity contribution in [1.29, 1.82) is 0 Å². The molecule has 0 aromatic heterocycles. The molecule has 0 aliphatic carbocycles. The van der Waals surface area contributed by atoms with Crippen LogP contribution in [0.15, 0.2) is 47.7 Å². The second-order valence-corrected chi connectivity index (χ2v) is 4.79. The predicted molar refractivity (Wildman–Crippen MR) is 85.5 cm³/mol. The maximum Gasteiger partial charge on any atom is 0.165 e. The van der Waals surface area contributed by atoms with Crippen LogP contribution in [0.2, 0.25) is 0 Å². The molecule has 24 heavy (non-hydrogen) atoms. The third-order valence-electron chi connectivity index (χ3n) is 3.23. The van der Waals surface area contributed by atoms with Crippen LogP contribution < -0.4 is 5.73 Å². The number of nitrogens with two attached hydrogens (primary N) is 1. The summed E-state index contributed by atoms with van der Waals surface area (Å²) < 4.78 is 26.6. The fourth-order valence-electron chi connectivity index (χ4n) is 1.98. The topological polar surface area (TPSA) is 90.3 Å². The molecule has 0 heterocycles. The molecular weight excluding hydrogens is 361 g/mol. The van der Waals surface area contributed by atoms with Crippen LogP contribution in [0.25, 0.3) is 17.9 Å². The molecule has 1 radical (unpaired) electrons.